The Balaban J connectivity index is 1.46. The number of methoxy groups -OCH3 is 1. The maximum absolute atomic E-state index is 12.9. The highest BCUT2D eigenvalue weighted by Gasteiger charge is 2.23. The Morgan fingerprint density at radius 3 is 2.51 bits per heavy atom. The number of nitrogens with zero attached hydrogens (tertiary/aromatic N) is 2. The molecule has 1 aliphatic rings. The maximum atomic E-state index is 12.9. The number of aromatic nitrogens is 2. The molecule has 0 bridgehead atoms. The lowest BCUT2D eigenvalue weighted by Gasteiger charge is -2.21. The summed E-state index contributed by atoms with van der Waals surface area (Å²) in [4.78, 5) is 22.9. The van der Waals surface area contributed by atoms with Crippen LogP contribution in [-0.4, -0.2) is 23.0 Å². The van der Waals surface area contributed by atoms with Crippen LogP contribution in [0.25, 0.3) is 11.3 Å². The van der Waals surface area contributed by atoms with Gasteiger partial charge in [0.25, 0.3) is 0 Å². The summed E-state index contributed by atoms with van der Waals surface area (Å²) in [7, 11) is 1.68. The fraction of sp³-hybridized carbons (Fsp3) is 0.207. The third-order valence-electron chi connectivity index (χ3n) is 6.27. The van der Waals surface area contributed by atoms with Crippen molar-refractivity contribution in [2.24, 2.45) is 0 Å². The molecule has 176 valence electrons. The monoisotopic (exact) mass is 483 g/mol. The van der Waals surface area contributed by atoms with Crippen LogP contribution in [0.15, 0.2) is 72.8 Å². The van der Waals surface area contributed by atoms with E-state index in [1.54, 1.807) is 19.2 Å². The van der Waals surface area contributed by atoms with Crippen molar-refractivity contribution in [1.29, 1.82) is 0 Å². The van der Waals surface area contributed by atoms with E-state index >= 15 is 0 Å². The normalized spacial score (nSPS) is 11.9. The number of anilines is 1. The zero-order valence-corrected chi connectivity index (χ0v) is 20.3. The van der Waals surface area contributed by atoms with E-state index in [2.05, 4.69) is 29.6 Å². The van der Waals surface area contributed by atoms with E-state index in [-0.39, 0.29) is 12.3 Å². The molecule has 1 amide bonds. The van der Waals surface area contributed by atoms with Gasteiger partial charge in [0.05, 0.1) is 30.6 Å². The zero-order valence-electron chi connectivity index (χ0n) is 19.6. The fourth-order valence-electron chi connectivity index (χ4n) is 4.43. The van der Waals surface area contributed by atoms with E-state index in [0.29, 0.717) is 17.3 Å². The summed E-state index contributed by atoms with van der Waals surface area (Å²) in [6.45, 7) is 0. The minimum atomic E-state index is -0.122. The molecule has 1 heterocycles. The van der Waals surface area contributed by atoms with Crippen molar-refractivity contribution in [3.63, 3.8) is 0 Å². The molecule has 3 aromatic carbocycles. The summed E-state index contributed by atoms with van der Waals surface area (Å²) in [6, 6.07) is 23.7. The van der Waals surface area contributed by atoms with Crippen molar-refractivity contribution in [2.45, 2.75) is 32.1 Å². The van der Waals surface area contributed by atoms with Gasteiger partial charge in [-0.05, 0) is 72.7 Å². The highest BCUT2D eigenvalue weighted by atomic mass is 35.5. The third-order valence-corrected chi connectivity index (χ3v) is 6.52. The minimum Gasteiger partial charge on any atom is -0.497 e. The van der Waals surface area contributed by atoms with E-state index in [9.17, 15) is 4.79 Å². The number of amides is 1. The molecule has 1 aliphatic carbocycles. The first-order valence-corrected chi connectivity index (χ1v) is 12.1. The number of halogens is 1. The second-order valence-corrected chi connectivity index (χ2v) is 9.11. The van der Waals surface area contributed by atoms with E-state index in [1.807, 2.05) is 36.4 Å². The Bertz CT molecular complexity index is 1350. The summed E-state index contributed by atoms with van der Waals surface area (Å²) in [5.74, 6) is 1.27. The summed E-state index contributed by atoms with van der Waals surface area (Å²) in [5, 5.41) is 3.69. The first-order valence-electron chi connectivity index (χ1n) is 11.7. The molecule has 5 nitrogen and oxygen atoms in total. The van der Waals surface area contributed by atoms with Gasteiger partial charge >= 0.3 is 0 Å². The van der Waals surface area contributed by atoms with Gasteiger partial charge in [0, 0.05) is 10.6 Å². The first-order chi connectivity index (χ1) is 17.1. The second kappa shape index (κ2) is 10.3. The van der Waals surface area contributed by atoms with Crippen molar-refractivity contribution in [3.05, 3.63) is 106 Å². The molecule has 0 fully saturated rings. The number of benzene rings is 3. The average molecular weight is 484 g/mol. The van der Waals surface area contributed by atoms with Gasteiger partial charge in [-0.25, -0.2) is 9.97 Å². The van der Waals surface area contributed by atoms with Crippen LogP contribution in [0, 0.1) is 0 Å². The highest BCUT2D eigenvalue weighted by molar-refractivity contribution is 6.30. The van der Waals surface area contributed by atoms with Gasteiger partial charge in [0.1, 0.15) is 5.75 Å². The Hall–Kier alpha value is -3.70. The molecule has 35 heavy (non-hydrogen) atoms. The van der Waals surface area contributed by atoms with Crippen molar-refractivity contribution in [2.75, 3.05) is 12.4 Å². The maximum Gasteiger partial charge on any atom is 0.229 e. The number of nitrogens with one attached hydrogen (secondary N) is 1. The van der Waals surface area contributed by atoms with E-state index in [4.69, 9.17) is 26.3 Å². The lowest BCUT2D eigenvalue weighted by Crippen LogP contribution is -2.20. The molecule has 0 saturated carbocycles. The summed E-state index contributed by atoms with van der Waals surface area (Å²) in [6.07, 6.45) is 3.35. The van der Waals surface area contributed by atoms with Crippen LogP contribution >= 0.6 is 11.6 Å². The van der Waals surface area contributed by atoms with E-state index in [0.717, 1.165) is 53.2 Å². The molecular formula is C29H26ClN3O2. The molecule has 1 aromatic heterocycles. The predicted octanol–water partition coefficient (Wildman–Crippen LogP) is 5.87. The molecule has 4 aromatic rings. The first kappa shape index (κ1) is 23.1. The number of aryl methyl sites for hydroxylation is 4. The largest absolute Gasteiger partial charge is 0.497 e. The molecule has 0 aliphatic heterocycles. The number of carbonyl (C=O) groups is 1. The number of ether oxygens (including phenoxy) is 1. The van der Waals surface area contributed by atoms with Crippen LogP contribution in [0.3, 0.4) is 0 Å². The summed E-state index contributed by atoms with van der Waals surface area (Å²) in [5.41, 5.74) is 7.00. The number of fused-ring (bicyclic) bond motifs is 3. The van der Waals surface area contributed by atoms with Crippen LogP contribution in [0.4, 0.5) is 5.82 Å². The molecule has 1 N–H and O–H groups in total. The summed E-state index contributed by atoms with van der Waals surface area (Å²) < 4.78 is 5.41. The van der Waals surface area contributed by atoms with Gasteiger partial charge in [0.15, 0.2) is 5.82 Å². The Morgan fingerprint density at radius 2 is 1.74 bits per heavy atom. The van der Waals surface area contributed by atoms with Crippen LogP contribution in [0.1, 0.15) is 28.1 Å². The summed E-state index contributed by atoms with van der Waals surface area (Å²) >= 11 is 5.98. The number of hydrogen-bond donors (Lipinski definition) is 1. The SMILES string of the molecule is COc1ccc2c(c1)CCc1nc(NC(=O)Cc3ccc(Cl)cc3)c(CCc3ccccc3)nc1-2. The second-order valence-electron chi connectivity index (χ2n) is 8.67. The lowest BCUT2D eigenvalue weighted by atomic mass is 9.91. The van der Waals surface area contributed by atoms with Crippen molar-refractivity contribution in [3.8, 4) is 17.0 Å². The average Bonchev–Trinajstić information content (AvgIpc) is 2.89. The number of carbonyl (C=O) groups excluding carboxylic acids is 1. The molecule has 6 heteroatoms. The number of hydrogen-bond acceptors (Lipinski definition) is 4. The smallest absolute Gasteiger partial charge is 0.229 e. The zero-order chi connectivity index (χ0) is 24.2. The van der Waals surface area contributed by atoms with Gasteiger partial charge in [0.2, 0.25) is 5.91 Å². The van der Waals surface area contributed by atoms with Crippen LogP contribution in [-0.2, 0) is 36.9 Å². The molecule has 0 spiro atoms. The Kier molecular flexibility index (Phi) is 6.77. The van der Waals surface area contributed by atoms with Gasteiger partial charge in [-0.1, -0.05) is 54.1 Å². The Morgan fingerprint density at radius 1 is 0.943 bits per heavy atom. The Labute approximate surface area is 210 Å². The number of rotatable bonds is 7. The molecule has 0 saturated heterocycles. The van der Waals surface area contributed by atoms with Crippen molar-refractivity contribution in [1.82, 2.24) is 9.97 Å². The minimum absolute atomic E-state index is 0.122. The fourth-order valence-corrected chi connectivity index (χ4v) is 4.55. The molecular weight excluding hydrogens is 458 g/mol. The topological polar surface area (TPSA) is 64.1 Å². The van der Waals surface area contributed by atoms with Crippen LogP contribution < -0.4 is 10.1 Å². The van der Waals surface area contributed by atoms with Crippen molar-refractivity contribution < 1.29 is 9.53 Å². The van der Waals surface area contributed by atoms with Gasteiger partial charge in [-0.15, -0.1) is 0 Å². The predicted molar refractivity (Wildman–Crippen MR) is 139 cm³/mol. The molecule has 0 unspecified atom stereocenters. The van der Waals surface area contributed by atoms with Crippen LogP contribution in [0.5, 0.6) is 5.75 Å². The van der Waals surface area contributed by atoms with E-state index in [1.165, 1.54) is 11.1 Å². The molecule has 0 radical (unpaired) electrons. The van der Waals surface area contributed by atoms with Gasteiger partial charge < -0.3 is 10.1 Å². The quantitative estimate of drug-likeness (QED) is 0.357. The van der Waals surface area contributed by atoms with Crippen molar-refractivity contribution >= 4 is 23.3 Å². The standard InChI is InChI=1S/C29H26ClN3O2/c1-35-23-13-14-24-21(18-23)10-16-25-28(24)31-26(15-9-19-5-3-2-4-6-19)29(32-25)33-27(34)17-20-7-11-22(30)12-8-20/h2-8,11-14,18H,9-10,15-17H2,1H3,(H,32,33,34). The van der Waals surface area contributed by atoms with Gasteiger partial charge in [-0.3, -0.25) is 4.79 Å². The van der Waals surface area contributed by atoms with Gasteiger partial charge in [-0.2, -0.15) is 0 Å². The van der Waals surface area contributed by atoms with Crippen LogP contribution in [0.2, 0.25) is 5.02 Å². The van der Waals surface area contributed by atoms with E-state index < -0.39 is 0 Å². The molecule has 5 rings (SSSR count). The third kappa shape index (κ3) is 5.36. The lowest BCUT2D eigenvalue weighted by molar-refractivity contribution is -0.115. The highest BCUT2D eigenvalue weighted by Crippen LogP contribution is 2.35. The molecule has 0 atom stereocenters.